The van der Waals surface area contributed by atoms with Gasteiger partial charge in [0.15, 0.2) is 0 Å². The summed E-state index contributed by atoms with van der Waals surface area (Å²) >= 11 is -1.21. The third-order valence-corrected chi connectivity index (χ3v) is 3.90. The zero-order valence-corrected chi connectivity index (χ0v) is 12.4. The molecule has 0 unspecified atom stereocenters. The van der Waals surface area contributed by atoms with Crippen molar-refractivity contribution >= 4 is 23.9 Å². The minimum atomic E-state index is -5.05. The number of benzene rings is 1. The van der Waals surface area contributed by atoms with Gasteiger partial charge in [0.1, 0.15) is 0 Å². The van der Waals surface area contributed by atoms with Crippen molar-refractivity contribution < 1.29 is 44.4 Å². The zero-order valence-electron chi connectivity index (χ0n) is 10.8. The van der Waals surface area contributed by atoms with Gasteiger partial charge in [-0.15, -0.1) is 0 Å². The van der Waals surface area contributed by atoms with Gasteiger partial charge in [-0.05, 0) is 30.1 Å². The average Bonchev–Trinajstić information content (AvgIpc) is 2.33. The lowest BCUT2D eigenvalue weighted by atomic mass is 10.1. The molecule has 0 heterocycles. The molecule has 0 saturated carbocycles. The van der Waals surface area contributed by atoms with Crippen LogP contribution in [-0.2, 0) is 17.2 Å². The molecular formula is C10H6F9NOS2. The van der Waals surface area contributed by atoms with Crippen molar-refractivity contribution in [3.8, 4) is 0 Å². The minimum absolute atomic E-state index is 0.0786. The lowest BCUT2D eigenvalue weighted by molar-refractivity contribution is -0.143. The number of hydrogen-bond donors (Lipinski definition) is 0. The van der Waals surface area contributed by atoms with Crippen LogP contribution in [0.25, 0.3) is 0 Å². The molecule has 1 aromatic rings. The van der Waals surface area contributed by atoms with Crippen molar-refractivity contribution in [1.82, 2.24) is 3.87 Å². The minimum Gasteiger partial charge on any atom is -0.280 e. The molecule has 1 aromatic carbocycles. The molecular weight excluding hydrogens is 385 g/mol. The topological polar surface area (TPSA) is 12.5 Å². The second kappa shape index (κ2) is 6.99. The number of nitrogens with zero attached hydrogens (tertiary/aromatic N) is 1. The van der Waals surface area contributed by atoms with E-state index in [1.54, 1.807) is 0 Å². The van der Waals surface area contributed by atoms with Gasteiger partial charge in [0, 0.05) is 4.90 Å². The first-order chi connectivity index (χ1) is 10.2. The molecule has 0 aliphatic heterocycles. The van der Waals surface area contributed by atoms with Gasteiger partial charge in [-0.2, -0.15) is 39.5 Å². The Kier molecular flexibility index (Phi) is 6.15. The summed E-state index contributed by atoms with van der Waals surface area (Å²) in [6.07, 6.45) is -10.00. The average molecular weight is 391 g/mol. The van der Waals surface area contributed by atoms with Crippen molar-refractivity contribution in [2.45, 2.75) is 22.8 Å². The molecule has 132 valence electrons. The van der Waals surface area contributed by atoms with Crippen molar-refractivity contribution in [3.63, 3.8) is 0 Å². The molecule has 13 heteroatoms. The highest BCUT2D eigenvalue weighted by atomic mass is 32.2. The van der Waals surface area contributed by atoms with Gasteiger partial charge in [-0.3, -0.25) is 4.84 Å². The molecule has 0 N–H and O–H groups in total. The third kappa shape index (κ3) is 6.31. The Balaban J connectivity index is 3.24. The quantitative estimate of drug-likeness (QED) is 0.367. The Hall–Kier alpha value is -0.790. The molecule has 0 amide bonds. The molecule has 0 fully saturated rings. The van der Waals surface area contributed by atoms with Crippen LogP contribution in [0.1, 0.15) is 11.1 Å². The first kappa shape index (κ1) is 20.3. The van der Waals surface area contributed by atoms with Gasteiger partial charge in [0.25, 0.3) is 0 Å². The summed E-state index contributed by atoms with van der Waals surface area (Å²) in [5, 5.41) is 0. The molecule has 0 aromatic heterocycles. The molecule has 2 nitrogen and oxygen atoms in total. The monoisotopic (exact) mass is 391 g/mol. The van der Waals surface area contributed by atoms with Crippen LogP contribution in [0.2, 0.25) is 0 Å². The van der Waals surface area contributed by atoms with Crippen LogP contribution in [0.4, 0.5) is 39.5 Å². The Morgan fingerprint density at radius 3 is 1.87 bits per heavy atom. The Bertz CT molecular complexity index is 541. The lowest BCUT2D eigenvalue weighted by Crippen LogP contribution is -2.16. The van der Waals surface area contributed by atoms with Gasteiger partial charge < -0.3 is 0 Å². The maximum absolute atomic E-state index is 12.8. The highest BCUT2D eigenvalue weighted by Crippen LogP contribution is 2.45. The normalized spacial score (nSPS) is 13.7. The maximum Gasteiger partial charge on any atom is 0.459 e. The fourth-order valence-electron chi connectivity index (χ4n) is 1.27. The Morgan fingerprint density at radius 2 is 1.48 bits per heavy atom. The van der Waals surface area contributed by atoms with Gasteiger partial charge in [0.05, 0.1) is 30.2 Å². The smallest absolute Gasteiger partial charge is 0.280 e. The predicted molar refractivity (Wildman–Crippen MR) is 64.8 cm³/mol. The van der Waals surface area contributed by atoms with Crippen LogP contribution in [0.3, 0.4) is 0 Å². The maximum atomic E-state index is 12.8. The van der Waals surface area contributed by atoms with E-state index in [1.165, 1.54) is 0 Å². The Morgan fingerprint density at radius 1 is 0.913 bits per heavy atom. The van der Waals surface area contributed by atoms with Crippen LogP contribution >= 0.6 is 23.9 Å². The van der Waals surface area contributed by atoms with E-state index < -0.39 is 45.8 Å². The van der Waals surface area contributed by atoms with Crippen LogP contribution in [0, 0.1) is 0 Å². The summed E-state index contributed by atoms with van der Waals surface area (Å²) in [4.78, 5) is 3.14. The molecule has 1 rings (SSSR count). The number of hydrogen-bond acceptors (Lipinski definition) is 4. The summed E-state index contributed by atoms with van der Waals surface area (Å²) in [6.45, 7) is 0. The standard InChI is InChI=1S/C10H6F9NOS2/c1-21-20(23-10(17,18)19)22-7-4-5(8(11,12)13)2-3-6(7)9(14,15)16/h2-4H,1H3. The van der Waals surface area contributed by atoms with E-state index in [2.05, 4.69) is 4.84 Å². The fraction of sp³-hybridized carbons (Fsp3) is 0.400. The SMILES string of the molecule is CON(Sc1cc(C(F)(F)F)ccc1C(F)(F)F)SC(F)(F)F. The summed E-state index contributed by atoms with van der Waals surface area (Å²) in [5.74, 6) is 0. The second-order valence-electron chi connectivity index (χ2n) is 3.74. The highest BCUT2D eigenvalue weighted by molar-refractivity contribution is 8.12. The van der Waals surface area contributed by atoms with E-state index in [-0.39, 0.29) is 34.0 Å². The van der Waals surface area contributed by atoms with Crippen molar-refractivity contribution in [3.05, 3.63) is 29.3 Å². The molecule has 0 aliphatic carbocycles. The highest BCUT2D eigenvalue weighted by Gasteiger charge is 2.39. The van der Waals surface area contributed by atoms with E-state index in [0.717, 1.165) is 7.11 Å². The van der Waals surface area contributed by atoms with E-state index in [4.69, 9.17) is 0 Å². The molecule has 0 radical (unpaired) electrons. The van der Waals surface area contributed by atoms with E-state index >= 15 is 0 Å². The van der Waals surface area contributed by atoms with Gasteiger partial charge >= 0.3 is 17.9 Å². The van der Waals surface area contributed by atoms with Crippen molar-refractivity contribution in [1.29, 1.82) is 0 Å². The Labute approximate surface area is 132 Å². The molecule has 23 heavy (non-hydrogen) atoms. The largest absolute Gasteiger partial charge is 0.459 e. The summed E-state index contributed by atoms with van der Waals surface area (Å²) in [5.41, 5.74) is -7.84. The molecule has 0 spiro atoms. The van der Waals surface area contributed by atoms with E-state index in [1.807, 2.05) is 0 Å². The lowest BCUT2D eigenvalue weighted by Gasteiger charge is -2.21. The fourth-order valence-corrected chi connectivity index (χ4v) is 2.85. The summed E-state index contributed by atoms with van der Waals surface area (Å²) in [7, 11) is 0.729. The second-order valence-corrected chi connectivity index (χ2v) is 5.90. The molecule has 0 saturated heterocycles. The number of halogens is 9. The molecule has 0 aliphatic rings. The van der Waals surface area contributed by atoms with Crippen LogP contribution in [-0.4, -0.2) is 16.5 Å². The molecule has 0 atom stereocenters. The first-order valence-electron chi connectivity index (χ1n) is 5.30. The number of alkyl halides is 9. The van der Waals surface area contributed by atoms with Crippen molar-refractivity contribution in [2.24, 2.45) is 0 Å². The zero-order chi connectivity index (χ0) is 18.1. The van der Waals surface area contributed by atoms with Gasteiger partial charge in [0.2, 0.25) is 0 Å². The van der Waals surface area contributed by atoms with Crippen LogP contribution in [0.5, 0.6) is 0 Å². The van der Waals surface area contributed by atoms with Gasteiger partial charge in [-0.25, -0.2) is 0 Å². The van der Waals surface area contributed by atoms with Crippen LogP contribution < -0.4 is 0 Å². The van der Waals surface area contributed by atoms with E-state index in [9.17, 15) is 39.5 Å². The van der Waals surface area contributed by atoms with Crippen LogP contribution in [0.15, 0.2) is 23.1 Å². The van der Waals surface area contributed by atoms with Crippen molar-refractivity contribution in [2.75, 3.05) is 7.11 Å². The predicted octanol–water partition coefficient (Wildman–Crippen LogP) is 5.76. The number of rotatable bonds is 4. The third-order valence-electron chi connectivity index (χ3n) is 2.11. The summed E-state index contributed by atoms with van der Waals surface area (Å²) < 4.78 is 113. The van der Waals surface area contributed by atoms with E-state index in [0.29, 0.717) is 0 Å². The summed E-state index contributed by atoms with van der Waals surface area (Å²) in [6, 6.07) is 0.453. The van der Waals surface area contributed by atoms with Gasteiger partial charge in [-0.1, -0.05) is 3.87 Å². The molecule has 0 bridgehead atoms. The first-order valence-corrected chi connectivity index (χ1v) is 6.85.